The normalized spacial score (nSPS) is 17.2. The predicted molar refractivity (Wildman–Crippen MR) is 74.8 cm³/mol. The maximum Gasteiger partial charge on any atom is 0.228 e. The molecule has 1 heterocycles. The molecule has 1 aromatic carbocycles. The number of amides is 1. The van der Waals surface area contributed by atoms with Gasteiger partial charge in [-0.3, -0.25) is 4.79 Å². The first-order valence-corrected chi connectivity index (χ1v) is 6.78. The van der Waals surface area contributed by atoms with E-state index in [0.29, 0.717) is 17.4 Å². The maximum atomic E-state index is 11.3. The number of halogens is 1. The Balaban J connectivity index is 2.29. The van der Waals surface area contributed by atoms with Crippen molar-refractivity contribution in [3.05, 3.63) is 28.3 Å². The Kier molecular flexibility index (Phi) is 3.93. The number of hydrogen-bond acceptors (Lipinski definition) is 2. The first-order valence-electron chi connectivity index (χ1n) is 6.40. The smallest absolute Gasteiger partial charge is 0.228 e. The van der Waals surface area contributed by atoms with Gasteiger partial charge in [0, 0.05) is 16.8 Å². The van der Waals surface area contributed by atoms with Crippen LogP contribution in [0.5, 0.6) is 0 Å². The van der Waals surface area contributed by atoms with E-state index in [-0.39, 0.29) is 11.9 Å². The van der Waals surface area contributed by atoms with Crippen molar-refractivity contribution < 1.29 is 4.79 Å². The Bertz CT molecular complexity index is 473. The number of fused-ring (bicyclic) bond motifs is 1. The molecule has 0 bridgehead atoms. The molecule has 2 atom stereocenters. The van der Waals surface area contributed by atoms with Gasteiger partial charge in [-0.1, -0.05) is 37.9 Å². The zero-order valence-corrected chi connectivity index (χ0v) is 11.6. The van der Waals surface area contributed by atoms with Crippen molar-refractivity contribution in [3.8, 4) is 0 Å². The monoisotopic (exact) mass is 266 g/mol. The molecule has 0 saturated heterocycles. The van der Waals surface area contributed by atoms with E-state index in [9.17, 15) is 4.79 Å². The summed E-state index contributed by atoms with van der Waals surface area (Å²) in [6.07, 6.45) is 2.61. The Morgan fingerprint density at radius 3 is 2.89 bits per heavy atom. The number of benzene rings is 1. The average Bonchev–Trinajstić information content (AvgIpc) is 2.66. The average molecular weight is 267 g/mol. The fourth-order valence-corrected chi connectivity index (χ4v) is 2.75. The Hall–Kier alpha value is -1.06. The third-order valence-electron chi connectivity index (χ3n) is 3.56. The van der Waals surface area contributed by atoms with Crippen molar-refractivity contribution in [1.82, 2.24) is 0 Å². The standard InChI is InChI=1S/C14H19ClN2O/c1-3-4-8(2)14(16)10-5-9-6-13(18)17-12(9)7-11(10)15/h5,7-8,14H,3-4,6,16H2,1-2H3,(H,17,18). The van der Waals surface area contributed by atoms with Crippen LogP contribution in [0.15, 0.2) is 12.1 Å². The fourth-order valence-electron chi connectivity index (χ4n) is 2.46. The first-order chi connectivity index (χ1) is 8.52. The van der Waals surface area contributed by atoms with E-state index in [4.69, 9.17) is 17.3 Å². The second kappa shape index (κ2) is 5.29. The van der Waals surface area contributed by atoms with Crippen LogP contribution in [0.2, 0.25) is 5.02 Å². The van der Waals surface area contributed by atoms with Crippen molar-refractivity contribution in [2.75, 3.05) is 5.32 Å². The molecular weight excluding hydrogens is 248 g/mol. The van der Waals surface area contributed by atoms with Gasteiger partial charge in [-0.15, -0.1) is 0 Å². The lowest BCUT2D eigenvalue weighted by molar-refractivity contribution is -0.115. The van der Waals surface area contributed by atoms with Gasteiger partial charge in [-0.25, -0.2) is 0 Å². The summed E-state index contributed by atoms with van der Waals surface area (Å²) < 4.78 is 0. The van der Waals surface area contributed by atoms with Crippen LogP contribution < -0.4 is 11.1 Å². The van der Waals surface area contributed by atoms with Gasteiger partial charge in [-0.05, 0) is 29.5 Å². The zero-order chi connectivity index (χ0) is 13.3. The Morgan fingerprint density at radius 1 is 1.50 bits per heavy atom. The molecule has 0 aliphatic carbocycles. The van der Waals surface area contributed by atoms with Gasteiger partial charge in [0.25, 0.3) is 0 Å². The van der Waals surface area contributed by atoms with Gasteiger partial charge >= 0.3 is 0 Å². The highest BCUT2D eigenvalue weighted by Crippen LogP contribution is 2.35. The fraction of sp³-hybridized carbons (Fsp3) is 0.500. The minimum Gasteiger partial charge on any atom is -0.325 e. The van der Waals surface area contributed by atoms with E-state index >= 15 is 0 Å². The number of nitrogens with one attached hydrogen (secondary N) is 1. The van der Waals surface area contributed by atoms with E-state index in [2.05, 4.69) is 19.2 Å². The van der Waals surface area contributed by atoms with Crippen LogP contribution in [-0.4, -0.2) is 5.91 Å². The lowest BCUT2D eigenvalue weighted by Crippen LogP contribution is -2.19. The molecule has 1 aromatic rings. The van der Waals surface area contributed by atoms with Crippen molar-refractivity contribution in [2.24, 2.45) is 11.7 Å². The second-order valence-corrected chi connectivity index (χ2v) is 5.45. The number of hydrogen-bond donors (Lipinski definition) is 2. The highest BCUT2D eigenvalue weighted by atomic mass is 35.5. The van der Waals surface area contributed by atoms with Gasteiger partial charge in [0.05, 0.1) is 6.42 Å². The summed E-state index contributed by atoms with van der Waals surface area (Å²) >= 11 is 6.26. The van der Waals surface area contributed by atoms with Crippen molar-refractivity contribution in [3.63, 3.8) is 0 Å². The van der Waals surface area contributed by atoms with Crippen LogP contribution >= 0.6 is 11.6 Å². The predicted octanol–water partition coefficient (Wildman–Crippen LogP) is 3.27. The number of anilines is 1. The summed E-state index contributed by atoms with van der Waals surface area (Å²) in [7, 11) is 0. The summed E-state index contributed by atoms with van der Waals surface area (Å²) in [6.45, 7) is 4.29. The minimum absolute atomic E-state index is 0.0217. The van der Waals surface area contributed by atoms with Crippen molar-refractivity contribution >= 4 is 23.2 Å². The zero-order valence-electron chi connectivity index (χ0n) is 10.8. The molecule has 0 saturated carbocycles. The van der Waals surface area contributed by atoms with E-state index in [1.807, 2.05) is 12.1 Å². The molecule has 2 rings (SSSR count). The molecule has 4 heteroatoms. The molecule has 0 fully saturated rings. The van der Waals surface area contributed by atoms with Crippen LogP contribution in [0, 0.1) is 5.92 Å². The largest absolute Gasteiger partial charge is 0.325 e. The summed E-state index contributed by atoms with van der Waals surface area (Å²) in [5.41, 5.74) is 9.04. The number of nitrogens with two attached hydrogens (primary N) is 1. The van der Waals surface area contributed by atoms with Crippen LogP contribution in [0.1, 0.15) is 43.9 Å². The minimum atomic E-state index is -0.0709. The molecule has 0 spiro atoms. The maximum absolute atomic E-state index is 11.3. The van der Waals surface area contributed by atoms with E-state index in [0.717, 1.165) is 29.7 Å². The van der Waals surface area contributed by atoms with E-state index in [1.54, 1.807) is 0 Å². The van der Waals surface area contributed by atoms with Gasteiger partial charge in [-0.2, -0.15) is 0 Å². The summed E-state index contributed by atoms with van der Waals surface area (Å²) in [6, 6.07) is 3.72. The van der Waals surface area contributed by atoms with Crippen molar-refractivity contribution in [1.29, 1.82) is 0 Å². The number of carbonyl (C=O) groups excluding carboxylic acids is 1. The molecule has 3 N–H and O–H groups in total. The highest BCUT2D eigenvalue weighted by Gasteiger charge is 2.23. The molecule has 2 unspecified atom stereocenters. The summed E-state index contributed by atoms with van der Waals surface area (Å²) in [5, 5.41) is 3.44. The van der Waals surface area contributed by atoms with Crippen LogP contribution in [-0.2, 0) is 11.2 Å². The SMILES string of the molecule is CCCC(C)C(N)c1cc2c(cc1Cl)NC(=O)C2. The molecule has 18 heavy (non-hydrogen) atoms. The van der Waals surface area contributed by atoms with Crippen molar-refractivity contribution in [2.45, 2.75) is 39.2 Å². The van der Waals surface area contributed by atoms with Crippen LogP contribution in [0.4, 0.5) is 5.69 Å². The first kappa shape index (κ1) is 13.4. The molecular formula is C14H19ClN2O. The molecule has 0 aromatic heterocycles. The van der Waals surface area contributed by atoms with Gasteiger partial charge in [0.2, 0.25) is 5.91 Å². The Labute approximate surface area is 113 Å². The molecule has 3 nitrogen and oxygen atoms in total. The van der Waals surface area contributed by atoms with Crippen LogP contribution in [0.25, 0.3) is 0 Å². The molecule has 98 valence electrons. The molecule has 0 radical (unpaired) electrons. The summed E-state index contributed by atoms with van der Waals surface area (Å²) in [5.74, 6) is 0.406. The molecule has 1 amide bonds. The molecule has 1 aliphatic rings. The number of carbonyl (C=O) groups is 1. The third kappa shape index (κ3) is 2.52. The van der Waals surface area contributed by atoms with E-state index in [1.165, 1.54) is 0 Å². The highest BCUT2D eigenvalue weighted by molar-refractivity contribution is 6.32. The second-order valence-electron chi connectivity index (χ2n) is 5.05. The third-order valence-corrected chi connectivity index (χ3v) is 3.89. The van der Waals surface area contributed by atoms with Gasteiger partial charge in [0.15, 0.2) is 0 Å². The van der Waals surface area contributed by atoms with E-state index < -0.39 is 0 Å². The van der Waals surface area contributed by atoms with Crippen LogP contribution in [0.3, 0.4) is 0 Å². The quantitative estimate of drug-likeness (QED) is 0.879. The lowest BCUT2D eigenvalue weighted by Gasteiger charge is -2.21. The number of rotatable bonds is 4. The molecule has 1 aliphatic heterocycles. The van der Waals surface area contributed by atoms with Gasteiger partial charge in [0.1, 0.15) is 0 Å². The summed E-state index contributed by atoms with van der Waals surface area (Å²) in [4.78, 5) is 11.3. The Morgan fingerprint density at radius 2 is 2.22 bits per heavy atom. The lowest BCUT2D eigenvalue weighted by atomic mass is 9.90. The van der Waals surface area contributed by atoms with Gasteiger partial charge < -0.3 is 11.1 Å². The topological polar surface area (TPSA) is 55.1 Å².